The van der Waals surface area contributed by atoms with Crippen molar-refractivity contribution in [3.05, 3.63) is 0 Å². The van der Waals surface area contributed by atoms with E-state index in [2.05, 4.69) is 30.6 Å². The number of hydrogen-bond acceptors (Lipinski definition) is 2. The molecule has 0 aromatic carbocycles. The SMILES string of the molecule is CC(C)(C)C1CCC(C2CC3C4B(C5CCC(C6CCC7CCCC8C9CCCC%10CCCC(C%109)C6C78)CC5N3C3C(C5CCCCC5)CCCC3C3CCCCC3)C3CCC(C5CCC6CCCC7C8CCCC9CCCC(C98)C5C67)CC3N(C3C(C5CCCCC5)CCCC3C3CCCCC3)C4C2)CC1. The molecule has 0 spiro atoms. The Hall–Kier alpha value is -0.0151. The van der Waals surface area contributed by atoms with E-state index in [1.54, 1.807) is 385 Å². The van der Waals surface area contributed by atoms with Crippen molar-refractivity contribution in [1.82, 2.24) is 9.80 Å². The summed E-state index contributed by atoms with van der Waals surface area (Å²) in [6, 6.07) is 5.33. The van der Waals surface area contributed by atoms with Gasteiger partial charge < -0.3 is 0 Å². The Balaban J connectivity index is 0.714. The lowest BCUT2D eigenvalue weighted by Crippen LogP contribution is -2.77. The zero-order chi connectivity index (χ0) is 70.8. The molecule has 0 amide bonds. The molecule has 0 aromatic rings. The molecule has 20 saturated carbocycles. The smallest absolute Gasteiger partial charge is 0.156 e. The van der Waals surface area contributed by atoms with Gasteiger partial charge in [-0.2, -0.15) is 0 Å². The molecule has 598 valence electrons. The molecule has 3 heteroatoms. The summed E-state index contributed by atoms with van der Waals surface area (Å²) in [4.78, 5) is 8.14. The molecule has 2 nitrogen and oxygen atoms in total. The van der Waals surface area contributed by atoms with Crippen molar-refractivity contribution in [2.24, 2.45) is 189 Å². The second-order valence-electron chi connectivity index (χ2n) is 48.6. The first kappa shape index (κ1) is 73.4. The predicted octanol–water partition coefficient (Wildman–Crippen LogP) is 28.3. The van der Waals surface area contributed by atoms with Crippen LogP contribution in [0.5, 0.6) is 0 Å². The first-order chi connectivity index (χ1) is 52.8. The molecule has 22 aliphatic rings. The summed E-state index contributed by atoms with van der Waals surface area (Å²) < 4.78 is 0. The van der Waals surface area contributed by atoms with Gasteiger partial charge in [-0.3, -0.25) is 9.80 Å². The highest BCUT2D eigenvalue weighted by Gasteiger charge is 2.71. The van der Waals surface area contributed by atoms with E-state index in [9.17, 15) is 0 Å². The monoisotopic (exact) mass is 1460 g/mol. The number of nitrogens with zero attached hydrogens (tertiary/aromatic N) is 2. The lowest BCUT2D eigenvalue weighted by Gasteiger charge is -2.73. The van der Waals surface area contributed by atoms with E-state index >= 15 is 0 Å². The zero-order valence-electron chi connectivity index (χ0n) is 70.5. The maximum Gasteiger partial charge on any atom is 0.156 e. The molecule has 0 bridgehead atoms. The molecule has 2 aliphatic heterocycles. The molecule has 0 radical (unpaired) electrons. The third-order valence-corrected chi connectivity index (χ3v) is 44.8. The molecule has 20 aliphatic carbocycles. The Morgan fingerprint density at radius 2 is 0.486 bits per heavy atom. The number of hydrogen-bond donors (Lipinski definition) is 0. The van der Waals surface area contributed by atoms with E-state index in [-0.39, 0.29) is 0 Å². The van der Waals surface area contributed by atoms with Gasteiger partial charge in [-0.25, -0.2) is 0 Å². The third-order valence-electron chi connectivity index (χ3n) is 44.8. The van der Waals surface area contributed by atoms with Crippen LogP contribution in [0.3, 0.4) is 0 Å². The van der Waals surface area contributed by atoms with Crippen LogP contribution in [0.2, 0.25) is 17.5 Å². The van der Waals surface area contributed by atoms with E-state index in [4.69, 9.17) is 0 Å². The van der Waals surface area contributed by atoms with Crippen molar-refractivity contribution in [2.75, 3.05) is 0 Å². The van der Waals surface area contributed by atoms with Gasteiger partial charge in [0, 0.05) is 36.3 Å². The minimum Gasteiger partial charge on any atom is -0.295 e. The van der Waals surface area contributed by atoms with Gasteiger partial charge in [0.25, 0.3) is 0 Å². The Kier molecular flexibility index (Phi) is 21.1. The first-order valence-electron chi connectivity index (χ1n) is 52.3. The quantitative estimate of drug-likeness (QED) is 0.212. The maximum absolute atomic E-state index is 4.07. The van der Waals surface area contributed by atoms with Crippen LogP contribution in [0.15, 0.2) is 0 Å². The topological polar surface area (TPSA) is 6.48 Å². The summed E-state index contributed by atoms with van der Waals surface area (Å²) in [7, 11) is 0. The fourth-order valence-electron chi connectivity index (χ4n) is 41.9. The lowest BCUT2D eigenvalue weighted by molar-refractivity contribution is -0.172. The van der Waals surface area contributed by atoms with Crippen LogP contribution in [-0.4, -0.2) is 52.8 Å². The normalized spacial score (nSPS) is 53.7. The van der Waals surface area contributed by atoms with Crippen LogP contribution in [0.25, 0.3) is 0 Å². The van der Waals surface area contributed by atoms with Crippen LogP contribution >= 0.6 is 0 Å². The van der Waals surface area contributed by atoms with Crippen molar-refractivity contribution in [3.8, 4) is 0 Å². The fourth-order valence-corrected chi connectivity index (χ4v) is 41.9. The minimum atomic E-state index is 0.457. The van der Waals surface area contributed by atoms with Crippen LogP contribution in [0, 0.1) is 189 Å². The highest BCUT2D eigenvalue weighted by molar-refractivity contribution is 6.65. The molecule has 30 unspecified atom stereocenters. The summed E-state index contributed by atoms with van der Waals surface area (Å²) in [6.07, 6.45) is 97.1. The maximum atomic E-state index is 4.07. The van der Waals surface area contributed by atoms with Gasteiger partial charge in [-0.1, -0.05) is 265 Å². The summed E-state index contributed by atoms with van der Waals surface area (Å²) in [5, 5.41) is 0. The molecule has 22 fully saturated rings. The van der Waals surface area contributed by atoms with E-state index in [1.165, 1.54) is 0 Å². The average molecular weight is 1460 g/mol. The molecule has 0 N–H and O–H groups in total. The van der Waals surface area contributed by atoms with Crippen LogP contribution in [0.4, 0.5) is 0 Å². The molecular weight excluding hydrogens is 1290 g/mol. The summed E-state index contributed by atoms with van der Waals surface area (Å²) in [5.41, 5.74) is 0.457. The van der Waals surface area contributed by atoms with Crippen LogP contribution in [-0.2, 0) is 0 Å². The van der Waals surface area contributed by atoms with Gasteiger partial charge in [-0.15, -0.1) is 0 Å². The van der Waals surface area contributed by atoms with Crippen molar-refractivity contribution in [2.45, 2.75) is 460 Å². The largest absolute Gasteiger partial charge is 0.295 e. The van der Waals surface area contributed by atoms with Gasteiger partial charge in [0.15, 0.2) is 6.71 Å². The van der Waals surface area contributed by atoms with Crippen molar-refractivity contribution in [3.63, 3.8) is 0 Å². The zero-order valence-corrected chi connectivity index (χ0v) is 70.5. The highest BCUT2D eigenvalue weighted by atomic mass is 15.3. The Bertz CT molecular complexity index is 2720. The van der Waals surface area contributed by atoms with E-state index in [0.717, 1.165) is 244 Å². The first-order valence-corrected chi connectivity index (χ1v) is 52.3. The van der Waals surface area contributed by atoms with Crippen LogP contribution in [0.1, 0.15) is 406 Å². The number of fused-ring (bicyclic) bond motifs is 8. The molecular formula is C104H169BN2. The van der Waals surface area contributed by atoms with Crippen molar-refractivity contribution < 1.29 is 0 Å². The standard InChI is InChI=1S/C104H169BN2/c1-104(2,3)76-54-48-64(49-55-76)75-62-93-101-94(63-75)107(103-81(67-28-12-6-13-29-67)40-23-41-82(103)68-30-14-7-15-31-68)92-61-74(78-57-51-72-37-19-45-86-84-43-17-33-70-35-21-47-88(96(70)84)100(78)98(72)86)53-59-90(92)105(101)89-58-52-73(77-56-50-71-36-18-44-85-83-42-16-32-69-34-20-46-87(95(69)83)99(77)97(71)85)60-91(89)106(93)102-79(65-24-8-4-9-25-65)38-22-39-80(102)66-26-10-5-11-27-66/h64-103H,4-63H2,1-3H3. The molecule has 2 saturated heterocycles. The summed E-state index contributed by atoms with van der Waals surface area (Å²) in [6.45, 7) is 9.04. The third kappa shape index (κ3) is 12.7. The van der Waals surface area contributed by atoms with Gasteiger partial charge in [-0.05, 0) is 348 Å². The van der Waals surface area contributed by atoms with E-state index in [1.807, 2.05) is 0 Å². The van der Waals surface area contributed by atoms with Crippen LogP contribution < -0.4 is 0 Å². The van der Waals surface area contributed by atoms with Gasteiger partial charge in [0.1, 0.15) is 0 Å². The van der Waals surface area contributed by atoms with Gasteiger partial charge in [0.2, 0.25) is 0 Å². The molecule has 22 rings (SSSR count). The highest BCUT2D eigenvalue weighted by Crippen LogP contribution is 2.74. The molecule has 0 aromatic heterocycles. The lowest BCUT2D eigenvalue weighted by atomic mass is 9.18. The van der Waals surface area contributed by atoms with Crippen molar-refractivity contribution in [1.29, 1.82) is 0 Å². The summed E-state index contributed by atoms with van der Waals surface area (Å²) >= 11 is 0. The minimum absolute atomic E-state index is 0.457. The molecule has 2 heterocycles. The Labute approximate surface area is 661 Å². The second kappa shape index (κ2) is 30.7. The Morgan fingerprint density at radius 1 is 0.196 bits per heavy atom. The fraction of sp³-hybridized carbons (Fsp3) is 1.00. The van der Waals surface area contributed by atoms with Gasteiger partial charge >= 0.3 is 0 Å². The Morgan fingerprint density at radius 3 is 0.850 bits per heavy atom. The van der Waals surface area contributed by atoms with E-state index < -0.39 is 0 Å². The van der Waals surface area contributed by atoms with Gasteiger partial charge in [0.05, 0.1) is 0 Å². The van der Waals surface area contributed by atoms with Crippen molar-refractivity contribution >= 4 is 6.71 Å². The average Bonchev–Trinajstić information content (AvgIpc) is 0.704. The predicted molar refractivity (Wildman–Crippen MR) is 448 cm³/mol. The van der Waals surface area contributed by atoms with E-state index in [0.29, 0.717) is 5.41 Å². The molecule has 107 heavy (non-hydrogen) atoms. The molecule has 30 atom stereocenters. The number of rotatable bonds is 9. The summed E-state index contributed by atoms with van der Waals surface area (Å²) in [5.74, 6) is 35.9. The second-order valence-corrected chi connectivity index (χ2v) is 48.6.